The van der Waals surface area contributed by atoms with Gasteiger partial charge in [-0.2, -0.15) is 0 Å². The lowest BCUT2D eigenvalue weighted by atomic mass is 9.92. The second-order valence-electron chi connectivity index (χ2n) is 7.21. The van der Waals surface area contributed by atoms with Crippen molar-refractivity contribution < 1.29 is 4.79 Å². The van der Waals surface area contributed by atoms with Crippen molar-refractivity contribution in [2.75, 3.05) is 6.54 Å². The Morgan fingerprint density at radius 2 is 1.84 bits per heavy atom. The number of rotatable bonds is 5. The Morgan fingerprint density at radius 1 is 1.12 bits per heavy atom. The molecular formula is C22H26ClNO. The molecule has 0 spiro atoms. The van der Waals surface area contributed by atoms with E-state index < -0.39 is 0 Å². The zero-order valence-electron chi connectivity index (χ0n) is 15.0. The fourth-order valence-electron chi connectivity index (χ4n) is 3.67. The molecule has 3 rings (SSSR count). The van der Waals surface area contributed by atoms with Gasteiger partial charge in [0.05, 0.1) is 0 Å². The van der Waals surface area contributed by atoms with Gasteiger partial charge in [-0.3, -0.25) is 9.69 Å². The number of carbonyl (C=O) groups is 1. The number of hydrogen-bond acceptors (Lipinski definition) is 2. The van der Waals surface area contributed by atoms with Crippen molar-refractivity contribution in [3.63, 3.8) is 0 Å². The van der Waals surface area contributed by atoms with Gasteiger partial charge in [-0.15, -0.1) is 0 Å². The second kappa shape index (κ2) is 8.16. The van der Waals surface area contributed by atoms with Crippen LogP contribution in [0.15, 0.2) is 48.5 Å². The summed E-state index contributed by atoms with van der Waals surface area (Å²) >= 11 is 6.05. The van der Waals surface area contributed by atoms with Crippen LogP contribution in [0, 0.1) is 5.92 Å². The van der Waals surface area contributed by atoms with Crippen LogP contribution in [0.1, 0.15) is 60.6 Å². The Kier molecular flexibility index (Phi) is 5.93. The quantitative estimate of drug-likeness (QED) is 0.622. The lowest BCUT2D eigenvalue weighted by Gasteiger charge is -2.36. The molecule has 0 bridgehead atoms. The summed E-state index contributed by atoms with van der Waals surface area (Å²) in [6, 6.07) is 16.7. The fourth-order valence-corrected chi connectivity index (χ4v) is 3.80. The smallest absolute Gasteiger partial charge is 0.165 e. The van der Waals surface area contributed by atoms with E-state index in [1.165, 1.54) is 18.4 Å². The Hall–Kier alpha value is -1.64. The molecule has 1 heterocycles. The highest BCUT2D eigenvalue weighted by Gasteiger charge is 2.25. The largest absolute Gasteiger partial charge is 0.294 e. The standard InChI is InChI=1S/C22H26ClNO/c1-16(2)22(25)20-8-4-3-7-18(20)15-24-14-6-5-9-21(24)17-10-12-19(23)13-11-17/h3-4,7-8,10-13,16,21H,5-6,9,14-15H2,1-2H3. The molecule has 1 aliphatic rings. The highest BCUT2D eigenvalue weighted by atomic mass is 35.5. The lowest BCUT2D eigenvalue weighted by Crippen LogP contribution is -2.33. The average molecular weight is 356 g/mol. The third kappa shape index (κ3) is 4.31. The summed E-state index contributed by atoms with van der Waals surface area (Å²) in [5.41, 5.74) is 3.33. The first-order chi connectivity index (χ1) is 12.1. The van der Waals surface area contributed by atoms with Gasteiger partial charge < -0.3 is 0 Å². The van der Waals surface area contributed by atoms with Crippen molar-refractivity contribution in [2.24, 2.45) is 5.92 Å². The maximum Gasteiger partial charge on any atom is 0.165 e. The first-order valence-electron chi connectivity index (χ1n) is 9.18. The van der Waals surface area contributed by atoms with E-state index in [-0.39, 0.29) is 11.7 Å². The van der Waals surface area contributed by atoms with Crippen molar-refractivity contribution >= 4 is 17.4 Å². The number of Topliss-reactive ketones (excluding diaryl/α,β-unsaturated/α-hetero) is 1. The molecule has 1 fully saturated rings. The molecule has 1 atom stereocenters. The van der Waals surface area contributed by atoms with Gasteiger partial charge in [0.15, 0.2) is 5.78 Å². The molecule has 25 heavy (non-hydrogen) atoms. The average Bonchev–Trinajstić information content (AvgIpc) is 2.63. The zero-order chi connectivity index (χ0) is 17.8. The fraction of sp³-hybridized carbons (Fsp3) is 0.409. The van der Waals surface area contributed by atoms with Gasteiger partial charge in [0, 0.05) is 29.1 Å². The number of benzene rings is 2. The van der Waals surface area contributed by atoms with Gasteiger partial charge >= 0.3 is 0 Å². The van der Waals surface area contributed by atoms with Crippen LogP contribution in [-0.2, 0) is 6.54 Å². The lowest BCUT2D eigenvalue weighted by molar-refractivity contribution is 0.0934. The maximum absolute atomic E-state index is 12.6. The minimum absolute atomic E-state index is 0.0227. The zero-order valence-corrected chi connectivity index (χ0v) is 15.8. The van der Waals surface area contributed by atoms with E-state index in [2.05, 4.69) is 23.1 Å². The van der Waals surface area contributed by atoms with Crippen LogP contribution in [0.2, 0.25) is 5.02 Å². The molecule has 1 saturated heterocycles. The third-order valence-corrected chi connectivity index (χ3v) is 5.30. The molecule has 2 aromatic rings. The van der Waals surface area contributed by atoms with Crippen molar-refractivity contribution in [2.45, 2.75) is 45.7 Å². The first kappa shape index (κ1) is 18.2. The Balaban J connectivity index is 1.85. The van der Waals surface area contributed by atoms with E-state index in [4.69, 9.17) is 11.6 Å². The normalized spacial score (nSPS) is 18.5. The molecule has 1 aliphatic heterocycles. The third-order valence-electron chi connectivity index (χ3n) is 5.05. The molecular weight excluding hydrogens is 330 g/mol. The first-order valence-corrected chi connectivity index (χ1v) is 9.55. The number of piperidine rings is 1. The summed E-state index contributed by atoms with van der Waals surface area (Å²) in [6.45, 7) is 5.83. The summed E-state index contributed by atoms with van der Waals surface area (Å²) in [5.74, 6) is 0.255. The molecule has 2 nitrogen and oxygen atoms in total. The Bertz CT molecular complexity index is 723. The molecule has 1 unspecified atom stereocenters. The topological polar surface area (TPSA) is 20.3 Å². The number of carbonyl (C=O) groups excluding carboxylic acids is 1. The minimum atomic E-state index is 0.0227. The van der Waals surface area contributed by atoms with Gasteiger partial charge in [0.1, 0.15) is 0 Å². The van der Waals surface area contributed by atoms with Crippen LogP contribution >= 0.6 is 11.6 Å². The monoisotopic (exact) mass is 355 g/mol. The summed E-state index contributed by atoms with van der Waals surface area (Å²) in [6.07, 6.45) is 3.61. The molecule has 132 valence electrons. The van der Waals surface area contributed by atoms with Gasteiger partial charge in [0.2, 0.25) is 0 Å². The summed E-state index contributed by atoms with van der Waals surface area (Å²) < 4.78 is 0. The Labute approximate surface area is 155 Å². The van der Waals surface area contributed by atoms with Gasteiger partial charge in [-0.05, 0) is 42.6 Å². The summed E-state index contributed by atoms with van der Waals surface area (Å²) in [4.78, 5) is 15.1. The molecule has 0 amide bonds. The van der Waals surface area contributed by atoms with E-state index in [1.807, 2.05) is 44.2 Å². The van der Waals surface area contributed by atoms with Crippen molar-refractivity contribution in [1.82, 2.24) is 4.90 Å². The van der Waals surface area contributed by atoms with Gasteiger partial charge in [-0.25, -0.2) is 0 Å². The number of likely N-dealkylation sites (tertiary alicyclic amines) is 1. The van der Waals surface area contributed by atoms with Crippen molar-refractivity contribution in [1.29, 1.82) is 0 Å². The molecule has 2 aromatic carbocycles. The van der Waals surface area contributed by atoms with Crippen LogP contribution in [0.4, 0.5) is 0 Å². The number of halogens is 1. The molecule has 0 aromatic heterocycles. The maximum atomic E-state index is 12.6. The van der Waals surface area contributed by atoms with Gasteiger partial charge in [0.25, 0.3) is 0 Å². The van der Waals surface area contributed by atoms with Crippen LogP contribution in [0.25, 0.3) is 0 Å². The Morgan fingerprint density at radius 3 is 2.56 bits per heavy atom. The van der Waals surface area contributed by atoms with E-state index in [1.54, 1.807) is 0 Å². The molecule has 0 N–H and O–H groups in total. The number of hydrogen-bond donors (Lipinski definition) is 0. The molecule has 0 radical (unpaired) electrons. The molecule has 0 saturated carbocycles. The van der Waals surface area contributed by atoms with Crippen LogP contribution in [0.3, 0.4) is 0 Å². The van der Waals surface area contributed by atoms with E-state index >= 15 is 0 Å². The second-order valence-corrected chi connectivity index (χ2v) is 7.65. The van der Waals surface area contributed by atoms with E-state index in [9.17, 15) is 4.79 Å². The van der Waals surface area contributed by atoms with Gasteiger partial charge in [-0.1, -0.05) is 68.3 Å². The number of ketones is 1. The molecule has 3 heteroatoms. The van der Waals surface area contributed by atoms with Crippen molar-refractivity contribution in [3.8, 4) is 0 Å². The van der Waals surface area contributed by atoms with E-state index in [0.717, 1.165) is 35.7 Å². The summed E-state index contributed by atoms with van der Waals surface area (Å²) in [7, 11) is 0. The SMILES string of the molecule is CC(C)C(=O)c1ccccc1CN1CCCCC1c1ccc(Cl)cc1. The summed E-state index contributed by atoms with van der Waals surface area (Å²) in [5, 5.41) is 0.777. The van der Waals surface area contributed by atoms with Crippen LogP contribution in [-0.4, -0.2) is 17.2 Å². The highest BCUT2D eigenvalue weighted by Crippen LogP contribution is 2.33. The number of nitrogens with zero attached hydrogens (tertiary/aromatic N) is 1. The van der Waals surface area contributed by atoms with Crippen LogP contribution < -0.4 is 0 Å². The van der Waals surface area contributed by atoms with E-state index in [0.29, 0.717) is 6.04 Å². The van der Waals surface area contributed by atoms with Crippen molar-refractivity contribution in [3.05, 3.63) is 70.2 Å². The molecule has 0 aliphatic carbocycles. The van der Waals surface area contributed by atoms with Crippen LogP contribution in [0.5, 0.6) is 0 Å². The predicted molar refractivity (Wildman–Crippen MR) is 104 cm³/mol. The predicted octanol–water partition coefficient (Wildman–Crippen LogP) is 5.91. The minimum Gasteiger partial charge on any atom is -0.294 e. The highest BCUT2D eigenvalue weighted by molar-refractivity contribution is 6.30.